The minimum atomic E-state index is -0.391. The van der Waals surface area contributed by atoms with Crippen molar-refractivity contribution in [2.45, 2.75) is 19.8 Å². The highest BCUT2D eigenvalue weighted by molar-refractivity contribution is 5.59. The molecule has 0 amide bonds. The molecule has 1 N–H and O–H groups in total. The van der Waals surface area contributed by atoms with Crippen molar-refractivity contribution in [1.29, 1.82) is 0 Å². The highest BCUT2D eigenvalue weighted by Crippen LogP contribution is 2.26. The van der Waals surface area contributed by atoms with Crippen molar-refractivity contribution in [1.82, 2.24) is 4.98 Å². The van der Waals surface area contributed by atoms with Crippen LogP contribution < -0.4 is 5.32 Å². The summed E-state index contributed by atoms with van der Waals surface area (Å²) in [6.45, 7) is 4.39. The number of nitro groups is 1. The van der Waals surface area contributed by atoms with E-state index in [-0.39, 0.29) is 11.6 Å². The third kappa shape index (κ3) is 3.12. The molecule has 0 saturated heterocycles. The Labute approximate surface area is 117 Å². The van der Waals surface area contributed by atoms with E-state index in [4.69, 9.17) is 0 Å². The van der Waals surface area contributed by atoms with Crippen molar-refractivity contribution in [3.63, 3.8) is 0 Å². The first-order valence-electron chi connectivity index (χ1n) is 6.48. The lowest BCUT2D eigenvalue weighted by molar-refractivity contribution is -0.384. The number of aromatic nitrogens is 1. The van der Waals surface area contributed by atoms with Crippen LogP contribution >= 0.6 is 0 Å². The standard InChI is InChI=1S/C15H17N3O2/c1-11-8-9-16-15(14(11)18(19)20)17-10-12(2)13-6-4-3-5-7-13/h3-9,12H,10H2,1-2H3,(H,16,17). The monoisotopic (exact) mass is 271 g/mol. The maximum atomic E-state index is 11.1. The molecule has 20 heavy (non-hydrogen) atoms. The fraction of sp³-hybridized carbons (Fsp3) is 0.267. The summed E-state index contributed by atoms with van der Waals surface area (Å²) in [5.41, 5.74) is 1.85. The van der Waals surface area contributed by atoms with E-state index in [9.17, 15) is 10.1 Å². The van der Waals surface area contributed by atoms with Crippen molar-refractivity contribution in [2.24, 2.45) is 0 Å². The molecular formula is C15H17N3O2. The third-order valence-corrected chi connectivity index (χ3v) is 3.25. The van der Waals surface area contributed by atoms with Gasteiger partial charge in [0.05, 0.1) is 4.92 Å². The molecule has 0 radical (unpaired) electrons. The molecule has 0 spiro atoms. The van der Waals surface area contributed by atoms with Gasteiger partial charge < -0.3 is 5.32 Å². The first-order chi connectivity index (χ1) is 9.59. The molecule has 1 aromatic carbocycles. The van der Waals surface area contributed by atoms with Gasteiger partial charge in [-0.25, -0.2) is 4.98 Å². The van der Waals surface area contributed by atoms with Gasteiger partial charge in [-0.3, -0.25) is 10.1 Å². The van der Waals surface area contributed by atoms with E-state index >= 15 is 0 Å². The quantitative estimate of drug-likeness (QED) is 0.667. The molecule has 1 unspecified atom stereocenters. The summed E-state index contributed by atoms with van der Waals surface area (Å²) in [5, 5.41) is 14.2. The Morgan fingerprint density at radius 3 is 2.65 bits per heavy atom. The predicted molar refractivity (Wildman–Crippen MR) is 79.0 cm³/mol. The van der Waals surface area contributed by atoms with E-state index < -0.39 is 4.92 Å². The summed E-state index contributed by atoms with van der Waals surface area (Å²) in [7, 11) is 0. The molecule has 5 heteroatoms. The average Bonchev–Trinajstić information content (AvgIpc) is 2.45. The largest absolute Gasteiger partial charge is 0.364 e. The highest BCUT2D eigenvalue weighted by atomic mass is 16.6. The fourth-order valence-electron chi connectivity index (χ4n) is 2.06. The lowest BCUT2D eigenvalue weighted by atomic mass is 10.0. The maximum Gasteiger partial charge on any atom is 0.314 e. The molecule has 0 saturated carbocycles. The number of aryl methyl sites for hydroxylation is 1. The molecule has 0 fully saturated rings. The molecule has 0 aliphatic rings. The Bertz CT molecular complexity index is 599. The SMILES string of the molecule is Cc1ccnc(NCC(C)c2ccccc2)c1[N+](=O)[O-]. The Morgan fingerprint density at radius 2 is 2.00 bits per heavy atom. The number of hydrogen-bond acceptors (Lipinski definition) is 4. The maximum absolute atomic E-state index is 11.1. The normalized spacial score (nSPS) is 11.9. The molecule has 0 bridgehead atoms. The van der Waals surface area contributed by atoms with Crippen LogP contribution in [0.1, 0.15) is 24.0 Å². The van der Waals surface area contributed by atoms with E-state index in [1.54, 1.807) is 19.2 Å². The van der Waals surface area contributed by atoms with Gasteiger partial charge >= 0.3 is 5.69 Å². The van der Waals surface area contributed by atoms with E-state index in [0.717, 1.165) is 0 Å². The van der Waals surface area contributed by atoms with Gasteiger partial charge in [-0.1, -0.05) is 37.3 Å². The van der Waals surface area contributed by atoms with Gasteiger partial charge in [-0.15, -0.1) is 0 Å². The minimum absolute atomic E-state index is 0.0489. The topological polar surface area (TPSA) is 68.1 Å². The van der Waals surface area contributed by atoms with Crippen molar-refractivity contribution in [2.75, 3.05) is 11.9 Å². The van der Waals surface area contributed by atoms with Crippen LogP contribution in [0.25, 0.3) is 0 Å². The average molecular weight is 271 g/mol. The zero-order valence-corrected chi connectivity index (χ0v) is 11.5. The van der Waals surface area contributed by atoms with Gasteiger partial charge in [0.25, 0.3) is 0 Å². The Balaban J connectivity index is 2.12. The summed E-state index contributed by atoms with van der Waals surface area (Å²) < 4.78 is 0. The molecule has 5 nitrogen and oxygen atoms in total. The zero-order chi connectivity index (χ0) is 14.5. The van der Waals surface area contributed by atoms with Crippen molar-refractivity contribution in [3.05, 3.63) is 63.8 Å². The number of benzene rings is 1. The van der Waals surface area contributed by atoms with Crippen molar-refractivity contribution < 1.29 is 4.92 Å². The number of nitrogens with one attached hydrogen (secondary N) is 1. The summed E-state index contributed by atoms with van der Waals surface area (Å²) in [6.07, 6.45) is 1.58. The predicted octanol–water partition coefficient (Wildman–Crippen LogP) is 3.51. The van der Waals surface area contributed by atoms with Gasteiger partial charge in [0.15, 0.2) is 0 Å². The number of anilines is 1. The number of rotatable bonds is 5. The molecule has 1 aromatic heterocycles. The summed E-state index contributed by atoms with van der Waals surface area (Å²) in [5.74, 6) is 0.580. The van der Waals surface area contributed by atoms with Crippen LogP contribution in [-0.2, 0) is 0 Å². The van der Waals surface area contributed by atoms with E-state index in [2.05, 4.69) is 17.2 Å². The zero-order valence-electron chi connectivity index (χ0n) is 11.5. The van der Waals surface area contributed by atoms with Crippen LogP contribution in [0.2, 0.25) is 0 Å². The molecule has 1 atom stereocenters. The molecule has 1 heterocycles. The Morgan fingerprint density at radius 1 is 1.30 bits per heavy atom. The van der Waals surface area contributed by atoms with E-state index in [1.807, 2.05) is 30.3 Å². The Kier molecular flexibility index (Phi) is 4.30. The Hall–Kier alpha value is -2.43. The van der Waals surface area contributed by atoms with Gasteiger partial charge in [0.1, 0.15) is 0 Å². The van der Waals surface area contributed by atoms with E-state index in [0.29, 0.717) is 17.9 Å². The highest BCUT2D eigenvalue weighted by Gasteiger charge is 2.18. The molecule has 2 rings (SSSR count). The molecular weight excluding hydrogens is 254 g/mol. The van der Waals surface area contributed by atoms with Gasteiger partial charge in [-0.2, -0.15) is 0 Å². The number of pyridine rings is 1. The van der Waals surface area contributed by atoms with Crippen LogP contribution in [-0.4, -0.2) is 16.5 Å². The minimum Gasteiger partial charge on any atom is -0.364 e. The van der Waals surface area contributed by atoms with Gasteiger partial charge in [0, 0.05) is 18.3 Å². The van der Waals surface area contributed by atoms with Crippen LogP contribution in [0.3, 0.4) is 0 Å². The van der Waals surface area contributed by atoms with Crippen molar-refractivity contribution >= 4 is 11.5 Å². The fourth-order valence-corrected chi connectivity index (χ4v) is 2.06. The molecule has 0 aliphatic carbocycles. The lowest BCUT2D eigenvalue weighted by Crippen LogP contribution is -2.12. The lowest BCUT2D eigenvalue weighted by Gasteiger charge is -2.13. The second-order valence-corrected chi connectivity index (χ2v) is 4.77. The van der Waals surface area contributed by atoms with Crippen LogP contribution in [0, 0.1) is 17.0 Å². The smallest absolute Gasteiger partial charge is 0.314 e. The van der Waals surface area contributed by atoms with E-state index in [1.165, 1.54) is 5.56 Å². The summed E-state index contributed by atoms with van der Waals surface area (Å²) >= 11 is 0. The van der Waals surface area contributed by atoms with Crippen LogP contribution in [0.4, 0.5) is 11.5 Å². The van der Waals surface area contributed by atoms with Crippen LogP contribution in [0.5, 0.6) is 0 Å². The molecule has 2 aromatic rings. The first kappa shape index (κ1) is 14.0. The molecule has 104 valence electrons. The summed E-state index contributed by atoms with van der Waals surface area (Å²) in [6, 6.07) is 11.7. The third-order valence-electron chi connectivity index (χ3n) is 3.25. The number of nitrogens with zero attached hydrogens (tertiary/aromatic N) is 2. The second kappa shape index (κ2) is 6.14. The van der Waals surface area contributed by atoms with Gasteiger partial charge in [0.2, 0.25) is 5.82 Å². The first-order valence-corrected chi connectivity index (χ1v) is 6.48. The number of hydrogen-bond donors (Lipinski definition) is 1. The summed E-state index contributed by atoms with van der Waals surface area (Å²) in [4.78, 5) is 14.8. The molecule has 0 aliphatic heterocycles. The van der Waals surface area contributed by atoms with Gasteiger partial charge in [-0.05, 0) is 24.5 Å². The second-order valence-electron chi connectivity index (χ2n) is 4.77. The van der Waals surface area contributed by atoms with Crippen LogP contribution in [0.15, 0.2) is 42.6 Å². The van der Waals surface area contributed by atoms with Crippen molar-refractivity contribution in [3.8, 4) is 0 Å².